The molecule has 2 saturated carbocycles. The average Bonchev–Trinajstić information content (AvgIpc) is 3.04. The van der Waals surface area contributed by atoms with E-state index in [1.54, 1.807) is 6.92 Å². The Morgan fingerprint density at radius 1 is 0.944 bits per heavy atom. The van der Waals surface area contributed by atoms with Gasteiger partial charge in [-0.05, 0) is 71.1 Å². The van der Waals surface area contributed by atoms with Crippen molar-refractivity contribution >= 4 is 5.97 Å². The maximum Gasteiger partial charge on any atom is 0.310 e. The molecule has 18 heavy (non-hydrogen) atoms. The van der Waals surface area contributed by atoms with E-state index >= 15 is 0 Å². The maximum atomic E-state index is 9.86. The SMILES string of the molecule is C=CC(C)C(=O)O.[CH]1[CH][CH][CH][CH]1.[CH]1[CH][CH][CH][CH]1.[Ti]. The summed E-state index contributed by atoms with van der Waals surface area (Å²) in [6.45, 7) is 4.88. The third kappa shape index (κ3) is 14.0. The molecule has 1 unspecified atom stereocenters. The second-order valence-corrected chi connectivity index (χ2v) is 3.29. The van der Waals surface area contributed by atoms with E-state index < -0.39 is 11.9 Å². The minimum absolute atomic E-state index is 0. The van der Waals surface area contributed by atoms with Gasteiger partial charge in [0.25, 0.3) is 0 Å². The van der Waals surface area contributed by atoms with Gasteiger partial charge in [-0.25, -0.2) is 0 Å². The van der Waals surface area contributed by atoms with E-state index in [9.17, 15) is 4.79 Å². The van der Waals surface area contributed by atoms with Crippen molar-refractivity contribution in [2.24, 2.45) is 5.92 Å². The molecule has 1 N–H and O–H groups in total. The van der Waals surface area contributed by atoms with E-state index in [0.717, 1.165) is 0 Å². The summed E-state index contributed by atoms with van der Waals surface area (Å²) in [6, 6.07) is 0. The van der Waals surface area contributed by atoms with E-state index in [0.29, 0.717) is 0 Å². The summed E-state index contributed by atoms with van der Waals surface area (Å²) in [5.41, 5.74) is 0. The molecule has 10 radical (unpaired) electrons. The topological polar surface area (TPSA) is 37.3 Å². The number of aliphatic carboxylic acids is 1. The van der Waals surface area contributed by atoms with Crippen molar-refractivity contribution < 1.29 is 31.6 Å². The van der Waals surface area contributed by atoms with Crippen LogP contribution in [-0.2, 0) is 26.5 Å². The molecule has 3 heteroatoms. The predicted octanol–water partition coefficient (Wildman–Crippen LogP) is 2.93. The Labute approximate surface area is 127 Å². The molecule has 0 aromatic carbocycles. The minimum atomic E-state index is -0.824. The zero-order chi connectivity index (χ0) is 12.9. The van der Waals surface area contributed by atoms with Crippen LogP contribution in [-0.4, -0.2) is 11.1 Å². The Bertz CT molecular complexity index is 171. The molecule has 2 rings (SSSR count). The first kappa shape index (κ1) is 20.2. The third-order valence-electron chi connectivity index (χ3n) is 1.85. The number of carbonyl (C=O) groups is 1. The summed E-state index contributed by atoms with van der Waals surface area (Å²) in [5, 5.41) is 8.11. The zero-order valence-corrected chi connectivity index (χ0v) is 12.1. The van der Waals surface area contributed by atoms with Gasteiger partial charge in [0.05, 0.1) is 5.92 Å². The van der Waals surface area contributed by atoms with Crippen LogP contribution in [0.3, 0.4) is 0 Å². The van der Waals surface area contributed by atoms with Crippen LogP contribution in [0.1, 0.15) is 6.92 Å². The normalized spacial score (nSPS) is 18.3. The molecule has 0 bridgehead atoms. The molecule has 0 aromatic rings. The van der Waals surface area contributed by atoms with Crippen molar-refractivity contribution in [1.29, 1.82) is 0 Å². The number of hydrogen-bond donors (Lipinski definition) is 1. The monoisotopic (exact) mass is 278 g/mol. The van der Waals surface area contributed by atoms with Crippen molar-refractivity contribution in [3.05, 3.63) is 76.9 Å². The van der Waals surface area contributed by atoms with Crippen molar-refractivity contribution in [3.8, 4) is 0 Å². The first-order chi connectivity index (χ1) is 8.18. The largest absolute Gasteiger partial charge is 0.481 e. The summed E-state index contributed by atoms with van der Waals surface area (Å²) in [6.07, 6.45) is 21.4. The van der Waals surface area contributed by atoms with E-state index in [1.165, 1.54) is 6.08 Å². The first-order valence-corrected chi connectivity index (χ1v) is 5.37. The Kier molecular flexibility index (Phi) is 16.9. The maximum absolute atomic E-state index is 9.86. The van der Waals surface area contributed by atoms with Crippen LogP contribution < -0.4 is 0 Å². The smallest absolute Gasteiger partial charge is 0.310 e. The van der Waals surface area contributed by atoms with Crippen LogP contribution in [0.2, 0.25) is 0 Å². The van der Waals surface area contributed by atoms with Crippen LogP contribution in [0.15, 0.2) is 12.7 Å². The summed E-state index contributed by atoms with van der Waals surface area (Å²) in [5.74, 6) is -1.24. The Morgan fingerprint density at radius 2 is 1.17 bits per heavy atom. The van der Waals surface area contributed by atoms with Gasteiger partial charge < -0.3 is 5.11 Å². The quantitative estimate of drug-likeness (QED) is 0.623. The molecule has 1 atom stereocenters. The number of carboxylic acid groups (broad SMARTS) is 1. The molecule has 0 amide bonds. The molecule has 2 aliphatic carbocycles. The summed E-state index contributed by atoms with van der Waals surface area (Å²) < 4.78 is 0. The third-order valence-corrected chi connectivity index (χ3v) is 1.85. The number of rotatable bonds is 2. The molecule has 0 saturated heterocycles. The molecule has 0 aromatic heterocycles. The Morgan fingerprint density at radius 3 is 1.22 bits per heavy atom. The number of carboxylic acids is 1. The molecule has 2 nitrogen and oxygen atoms in total. The Hall–Kier alpha value is -0.0757. The van der Waals surface area contributed by atoms with Crippen molar-refractivity contribution in [2.45, 2.75) is 6.92 Å². The molecular weight excluding hydrogens is 260 g/mol. The fourth-order valence-corrected chi connectivity index (χ4v) is 0.742. The minimum Gasteiger partial charge on any atom is -0.481 e. The zero-order valence-electron chi connectivity index (χ0n) is 10.5. The number of hydrogen-bond acceptors (Lipinski definition) is 1. The van der Waals surface area contributed by atoms with Crippen molar-refractivity contribution in [3.63, 3.8) is 0 Å². The molecule has 2 aliphatic rings. The fraction of sp³-hybridized carbons (Fsp3) is 0.133. The molecular formula is C15H18O2Ti. The molecule has 0 aliphatic heterocycles. The van der Waals surface area contributed by atoms with Crippen LogP contribution in [0.5, 0.6) is 0 Å². The molecule has 2 fully saturated rings. The van der Waals surface area contributed by atoms with Gasteiger partial charge in [-0.1, -0.05) is 6.08 Å². The standard InChI is InChI=1S/C5H8O2.2C5H5.Ti/c1-3-4(2)5(6)7;2*1-2-4-5-3-1;/h3-4H,1H2,2H3,(H,6,7);2*1-5H;. The fourth-order valence-electron chi connectivity index (χ4n) is 0.742. The summed E-state index contributed by atoms with van der Waals surface area (Å²) in [7, 11) is 0. The van der Waals surface area contributed by atoms with Gasteiger partial charge in [0.2, 0.25) is 0 Å². The first-order valence-electron chi connectivity index (χ1n) is 5.37. The van der Waals surface area contributed by atoms with E-state index in [4.69, 9.17) is 5.11 Å². The second kappa shape index (κ2) is 15.0. The van der Waals surface area contributed by atoms with Crippen LogP contribution >= 0.6 is 0 Å². The van der Waals surface area contributed by atoms with Gasteiger partial charge in [0.1, 0.15) is 0 Å². The predicted molar refractivity (Wildman–Crippen MR) is 70.0 cm³/mol. The Balaban J connectivity index is 0. The van der Waals surface area contributed by atoms with Gasteiger partial charge in [-0.3, -0.25) is 4.79 Å². The van der Waals surface area contributed by atoms with Gasteiger partial charge in [-0.2, -0.15) is 0 Å². The average molecular weight is 278 g/mol. The second-order valence-electron chi connectivity index (χ2n) is 3.29. The van der Waals surface area contributed by atoms with E-state index in [2.05, 4.69) is 6.58 Å². The van der Waals surface area contributed by atoms with Gasteiger partial charge in [-0.15, -0.1) is 6.58 Å². The van der Waals surface area contributed by atoms with E-state index in [1.807, 2.05) is 64.2 Å². The van der Waals surface area contributed by atoms with Gasteiger partial charge >= 0.3 is 5.97 Å². The molecule has 0 spiro atoms. The summed E-state index contributed by atoms with van der Waals surface area (Å²) >= 11 is 0. The van der Waals surface area contributed by atoms with Gasteiger partial charge in [0, 0.05) is 21.7 Å². The van der Waals surface area contributed by atoms with Crippen molar-refractivity contribution in [2.75, 3.05) is 0 Å². The van der Waals surface area contributed by atoms with Crippen LogP contribution in [0, 0.1) is 70.1 Å². The summed E-state index contributed by atoms with van der Waals surface area (Å²) in [4.78, 5) is 9.86. The van der Waals surface area contributed by atoms with Crippen LogP contribution in [0.4, 0.5) is 0 Å². The van der Waals surface area contributed by atoms with Crippen molar-refractivity contribution in [1.82, 2.24) is 0 Å². The van der Waals surface area contributed by atoms with Crippen LogP contribution in [0.25, 0.3) is 0 Å². The van der Waals surface area contributed by atoms with E-state index in [-0.39, 0.29) is 21.7 Å². The van der Waals surface area contributed by atoms with Gasteiger partial charge in [0.15, 0.2) is 0 Å². The molecule has 94 valence electrons. The molecule has 0 heterocycles.